The predicted octanol–water partition coefficient (Wildman–Crippen LogP) is 4.30. The molecule has 2 rings (SSSR count). The number of aromatic amines is 1. The number of carboxylic acids is 1. The quantitative estimate of drug-likeness (QED) is 0.440. The summed E-state index contributed by atoms with van der Waals surface area (Å²) in [7, 11) is 0. The summed E-state index contributed by atoms with van der Waals surface area (Å²) in [5, 5.41) is 14.5. The topological polar surface area (TPSA) is 111 Å². The molecular formula is C23H31N3O4. The Morgan fingerprint density at radius 2 is 1.80 bits per heavy atom. The highest BCUT2D eigenvalue weighted by molar-refractivity contribution is 6.02. The monoisotopic (exact) mass is 413 g/mol. The molecule has 0 aliphatic heterocycles. The SMILES string of the molecule is CCC[C@@H](CCCC(=O)NC(C)(C)C(=O)O)c1ccc(NC(=O)c2ccc[nH]2)cc1. The molecule has 162 valence electrons. The third-order valence-electron chi connectivity index (χ3n) is 5.06. The van der Waals surface area contributed by atoms with Gasteiger partial charge in [0, 0.05) is 18.3 Å². The highest BCUT2D eigenvalue weighted by atomic mass is 16.4. The second-order valence-electron chi connectivity index (χ2n) is 8.02. The molecule has 1 atom stereocenters. The normalized spacial score (nSPS) is 12.2. The first-order valence-electron chi connectivity index (χ1n) is 10.3. The molecule has 0 spiro atoms. The molecule has 7 heteroatoms. The summed E-state index contributed by atoms with van der Waals surface area (Å²) in [6.07, 6.45) is 5.53. The lowest BCUT2D eigenvalue weighted by Gasteiger charge is -2.21. The number of carboxylic acid groups (broad SMARTS) is 1. The van der Waals surface area contributed by atoms with Gasteiger partial charge in [-0.15, -0.1) is 0 Å². The van der Waals surface area contributed by atoms with E-state index in [1.54, 1.807) is 18.3 Å². The van der Waals surface area contributed by atoms with Crippen molar-refractivity contribution < 1.29 is 19.5 Å². The van der Waals surface area contributed by atoms with Gasteiger partial charge in [0.25, 0.3) is 5.91 Å². The highest BCUT2D eigenvalue weighted by Crippen LogP contribution is 2.28. The third kappa shape index (κ3) is 6.76. The molecule has 0 bridgehead atoms. The number of anilines is 1. The minimum absolute atomic E-state index is 0.187. The average Bonchev–Trinajstić information content (AvgIpc) is 3.22. The molecule has 1 heterocycles. The fourth-order valence-electron chi connectivity index (χ4n) is 3.31. The lowest BCUT2D eigenvalue weighted by molar-refractivity contribution is -0.146. The number of amides is 2. The van der Waals surface area contributed by atoms with Crippen LogP contribution in [0.1, 0.15) is 74.8 Å². The van der Waals surface area contributed by atoms with Gasteiger partial charge in [-0.25, -0.2) is 4.79 Å². The summed E-state index contributed by atoms with van der Waals surface area (Å²) in [5.74, 6) is -1.18. The molecule has 0 unspecified atom stereocenters. The Kier molecular flexibility index (Phi) is 8.21. The third-order valence-corrected chi connectivity index (χ3v) is 5.06. The number of carbonyl (C=O) groups is 3. The van der Waals surface area contributed by atoms with Crippen molar-refractivity contribution in [1.29, 1.82) is 0 Å². The molecule has 4 N–H and O–H groups in total. The van der Waals surface area contributed by atoms with Gasteiger partial charge < -0.3 is 20.7 Å². The molecule has 0 saturated carbocycles. The van der Waals surface area contributed by atoms with Gasteiger partial charge in [0.1, 0.15) is 11.2 Å². The van der Waals surface area contributed by atoms with Crippen molar-refractivity contribution >= 4 is 23.5 Å². The van der Waals surface area contributed by atoms with E-state index in [1.165, 1.54) is 19.4 Å². The van der Waals surface area contributed by atoms with E-state index in [2.05, 4.69) is 22.5 Å². The number of aromatic nitrogens is 1. The molecular weight excluding hydrogens is 382 g/mol. The molecule has 1 aromatic heterocycles. The number of hydrogen-bond acceptors (Lipinski definition) is 3. The van der Waals surface area contributed by atoms with Gasteiger partial charge in [-0.3, -0.25) is 9.59 Å². The summed E-state index contributed by atoms with van der Waals surface area (Å²) in [6.45, 7) is 5.08. The Balaban J connectivity index is 1.90. The number of H-pyrrole nitrogens is 1. The van der Waals surface area contributed by atoms with Crippen molar-refractivity contribution in [2.45, 2.75) is 64.3 Å². The van der Waals surface area contributed by atoms with E-state index in [0.29, 0.717) is 24.5 Å². The Morgan fingerprint density at radius 3 is 2.37 bits per heavy atom. The van der Waals surface area contributed by atoms with E-state index in [9.17, 15) is 14.4 Å². The standard InChI is InChI=1S/C23H31N3O4/c1-4-7-16(8-5-10-20(27)26-23(2,3)22(29)30)17-11-13-18(14-12-17)25-21(28)19-9-6-15-24-19/h6,9,11-16,24H,4-5,7-8,10H2,1-3H3,(H,25,28)(H,26,27)(H,29,30)/t16-/m0/s1. The van der Waals surface area contributed by atoms with Crippen molar-refractivity contribution in [3.8, 4) is 0 Å². The molecule has 30 heavy (non-hydrogen) atoms. The van der Waals surface area contributed by atoms with Crippen molar-refractivity contribution in [2.75, 3.05) is 5.32 Å². The van der Waals surface area contributed by atoms with E-state index < -0.39 is 11.5 Å². The lowest BCUT2D eigenvalue weighted by atomic mass is 9.89. The Hall–Kier alpha value is -3.09. The van der Waals surface area contributed by atoms with Crippen LogP contribution in [0.25, 0.3) is 0 Å². The molecule has 0 aliphatic rings. The van der Waals surface area contributed by atoms with Crippen LogP contribution in [0, 0.1) is 0 Å². The Bertz CT molecular complexity index is 842. The first kappa shape index (κ1) is 23.2. The van der Waals surface area contributed by atoms with Crippen LogP contribution in [0.5, 0.6) is 0 Å². The van der Waals surface area contributed by atoms with Crippen LogP contribution < -0.4 is 10.6 Å². The maximum Gasteiger partial charge on any atom is 0.328 e. The van der Waals surface area contributed by atoms with Crippen LogP contribution in [-0.4, -0.2) is 33.4 Å². The summed E-state index contributed by atoms with van der Waals surface area (Å²) in [5.41, 5.74) is 1.14. The van der Waals surface area contributed by atoms with Crippen molar-refractivity contribution in [1.82, 2.24) is 10.3 Å². The zero-order valence-corrected chi connectivity index (χ0v) is 17.8. The fourth-order valence-corrected chi connectivity index (χ4v) is 3.31. The smallest absolute Gasteiger partial charge is 0.328 e. The van der Waals surface area contributed by atoms with Crippen LogP contribution in [0.2, 0.25) is 0 Å². The van der Waals surface area contributed by atoms with Crippen molar-refractivity contribution in [3.63, 3.8) is 0 Å². The lowest BCUT2D eigenvalue weighted by Crippen LogP contribution is -2.49. The fraction of sp³-hybridized carbons (Fsp3) is 0.435. The first-order chi connectivity index (χ1) is 14.2. The van der Waals surface area contributed by atoms with Gasteiger partial charge in [-0.1, -0.05) is 25.5 Å². The number of hydrogen-bond donors (Lipinski definition) is 4. The predicted molar refractivity (Wildman–Crippen MR) is 117 cm³/mol. The largest absolute Gasteiger partial charge is 0.480 e. The summed E-state index contributed by atoms with van der Waals surface area (Å²) < 4.78 is 0. The molecule has 7 nitrogen and oxygen atoms in total. The van der Waals surface area contributed by atoms with Crippen molar-refractivity contribution in [2.24, 2.45) is 0 Å². The number of rotatable bonds is 11. The van der Waals surface area contributed by atoms with Gasteiger partial charge in [0.2, 0.25) is 5.91 Å². The molecule has 1 aromatic carbocycles. The summed E-state index contributed by atoms with van der Waals surface area (Å²) in [4.78, 5) is 38.2. The van der Waals surface area contributed by atoms with Crippen LogP contribution in [-0.2, 0) is 9.59 Å². The van der Waals surface area contributed by atoms with Gasteiger partial charge in [0.05, 0.1) is 0 Å². The molecule has 2 aromatic rings. The van der Waals surface area contributed by atoms with Gasteiger partial charge in [0.15, 0.2) is 0 Å². The molecule has 0 fully saturated rings. The molecule has 0 aliphatic carbocycles. The van der Waals surface area contributed by atoms with E-state index in [1.807, 2.05) is 24.3 Å². The maximum atomic E-state index is 12.1. The van der Waals surface area contributed by atoms with Gasteiger partial charge in [-0.2, -0.15) is 0 Å². The number of aliphatic carboxylic acids is 1. The average molecular weight is 414 g/mol. The highest BCUT2D eigenvalue weighted by Gasteiger charge is 2.28. The van der Waals surface area contributed by atoms with E-state index in [-0.39, 0.29) is 11.8 Å². The summed E-state index contributed by atoms with van der Waals surface area (Å²) >= 11 is 0. The molecule has 0 saturated heterocycles. The zero-order valence-electron chi connectivity index (χ0n) is 17.8. The Labute approximate surface area is 177 Å². The van der Waals surface area contributed by atoms with Crippen LogP contribution in [0.4, 0.5) is 5.69 Å². The minimum atomic E-state index is -1.26. The van der Waals surface area contributed by atoms with Crippen LogP contribution in [0.15, 0.2) is 42.6 Å². The molecule has 2 amide bonds. The second kappa shape index (κ2) is 10.6. The number of carbonyl (C=O) groups excluding carboxylic acids is 2. The minimum Gasteiger partial charge on any atom is -0.480 e. The maximum absolute atomic E-state index is 12.1. The van der Waals surface area contributed by atoms with E-state index >= 15 is 0 Å². The van der Waals surface area contributed by atoms with Crippen LogP contribution in [0.3, 0.4) is 0 Å². The second-order valence-corrected chi connectivity index (χ2v) is 8.02. The van der Waals surface area contributed by atoms with E-state index in [4.69, 9.17) is 5.11 Å². The van der Waals surface area contributed by atoms with Gasteiger partial charge in [-0.05, 0) is 68.9 Å². The number of benzene rings is 1. The van der Waals surface area contributed by atoms with Gasteiger partial charge >= 0.3 is 5.97 Å². The Morgan fingerprint density at radius 1 is 1.10 bits per heavy atom. The van der Waals surface area contributed by atoms with E-state index in [0.717, 1.165) is 24.9 Å². The molecule has 0 radical (unpaired) electrons. The summed E-state index contributed by atoms with van der Waals surface area (Å²) in [6, 6.07) is 11.3. The first-order valence-corrected chi connectivity index (χ1v) is 10.3. The van der Waals surface area contributed by atoms with Crippen LogP contribution >= 0.6 is 0 Å². The van der Waals surface area contributed by atoms with Crippen molar-refractivity contribution in [3.05, 3.63) is 53.9 Å². The number of nitrogens with one attached hydrogen (secondary N) is 3. The zero-order chi connectivity index (χ0) is 22.1.